The third-order valence-electron chi connectivity index (χ3n) is 9.80. The van der Waals surface area contributed by atoms with Gasteiger partial charge in [-0.3, -0.25) is 0 Å². The van der Waals surface area contributed by atoms with Crippen molar-refractivity contribution < 1.29 is 35.8 Å². The van der Waals surface area contributed by atoms with Gasteiger partial charge in [0.1, 0.15) is 11.5 Å². The van der Waals surface area contributed by atoms with Crippen molar-refractivity contribution in [1.82, 2.24) is 9.62 Å². The molecule has 4 nitrogen and oxygen atoms in total. The van der Waals surface area contributed by atoms with E-state index in [0.29, 0.717) is 32.2 Å². The van der Waals surface area contributed by atoms with Crippen molar-refractivity contribution in [3.8, 4) is 32.4 Å². The molecule has 1 aliphatic carbocycles. The van der Waals surface area contributed by atoms with Crippen LogP contribution in [0, 0.1) is 0 Å². The van der Waals surface area contributed by atoms with Crippen LogP contribution < -0.4 is 19.0 Å². The van der Waals surface area contributed by atoms with Gasteiger partial charge in [0.05, 0.1) is 26.1 Å². The summed E-state index contributed by atoms with van der Waals surface area (Å²) in [6.07, 6.45) is 10.8. The van der Waals surface area contributed by atoms with Crippen molar-refractivity contribution >= 4 is 45.9 Å². The smallest absolute Gasteiger partial charge is 0.373 e. The predicted molar refractivity (Wildman–Crippen MR) is 196 cm³/mol. The number of hydrogen-bond acceptors (Lipinski definition) is 6. The van der Waals surface area contributed by atoms with Crippen molar-refractivity contribution in [2.45, 2.75) is 29.6 Å². The number of benzene rings is 2. The molecule has 1 saturated carbocycles. The maximum absolute atomic E-state index is 16.6. The molecule has 0 N–H and O–H groups in total. The molecule has 0 saturated heterocycles. The lowest BCUT2D eigenvalue weighted by Crippen LogP contribution is -2.48. The van der Waals surface area contributed by atoms with E-state index in [0.717, 1.165) is 22.7 Å². The second-order valence-corrected chi connectivity index (χ2v) is 14.9. The van der Waals surface area contributed by atoms with Gasteiger partial charge in [-0.25, -0.2) is 0 Å². The highest BCUT2D eigenvalue weighted by Crippen LogP contribution is 2.70. The highest BCUT2D eigenvalue weighted by molar-refractivity contribution is 7.27. The normalized spacial score (nSPS) is 21.5. The number of alkyl halides is 6. The SMILES string of the molecule is COc1ccc(-c2sc(B3C=CC=CN3C)cc2C2C(c3cc(B4C=CC=CN4C)sc3-c3ccc(OC)cc3)C(F)(F)C(F)(F)C2(F)F)cc1. The first-order chi connectivity index (χ1) is 24.3. The number of ether oxygens (including phenoxy) is 2. The Morgan fingerprint density at radius 3 is 1.29 bits per heavy atom. The molecular weight excluding hydrogens is 704 g/mol. The fourth-order valence-electron chi connectivity index (χ4n) is 7.08. The molecule has 262 valence electrons. The first-order valence-electron chi connectivity index (χ1n) is 16.1. The van der Waals surface area contributed by atoms with Gasteiger partial charge in [-0.15, -0.1) is 22.7 Å². The minimum absolute atomic E-state index is 0.216. The van der Waals surface area contributed by atoms with E-state index in [1.165, 1.54) is 26.4 Å². The first kappa shape index (κ1) is 35.1. The number of nitrogens with zero attached hydrogens (tertiary/aromatic N) is 2. The lowest BCUT2D eigenvalue weighted by atomic mass is 9.57. The van der Waals surface area contributed by atoms with Gasteiger partial charge in [-0.2, -0.15) is 26.3 Å². The van der Waals surface area contributed by atoms with E-state index in [1.54, 1.807) is 99.3 Å². The summed E-state index contributed by atoms with van der Waals surface area (Å²) in [7, 11) is 6.55. The molecule has 51 heavy (non-hydrogen) atoms. The summed E-state index contributed by atoms with van der Waals surface area (Å²) in [6.45, 7) is -0.853. The molecule has 2 aromatic heterocycles. The summed E-state index contributed by atoms with van der Waals surface area (Å²) in [5, 5.41) is 0. The molecule has 1 fully saturated rings. The van der Waals surface area contributed by atoms with Crippen LogP contribution in [-0.2, 0) is 0 Å². The van der Waals surface area contributed by atoms with E-state index in [1.807, 2.05) is 21.6 Å². The third kappa shape index (κ3) is 5.71. The van der Waals surface area contributed by atoms with Crippen molar-refractivity contribution in [2.24, 2.45) is 0 Å². The molecule has 3 aliphatic rings. The fourth-order valence-corrected chi connectivity index (χ4v) is 9.77. The van der Waals surface area contributed by atoms with Gasteiger partial charge in [-0.1, -0.05) is 36.2 Å². The quantitative estimate of drug-likeness (QED) is 0.134. The molecule has 0 bridgehead atoms. The van der Waals surface area contributed by atoms with Crippen LogP contribution >= 0.6 is 22.7 Å². The fraction of sp³-hybridized carbons (Fsp3) is 0.243. The summed E-state index contributed by atoms with van der Waals surface area (Å²) in [4.78, 5) is 4.12. The Kier molecular flexibility index (Phi) is 8.98. The lowest BCUT2D eigenvalue weighted by Gasteiger charge is -2.26. The summed E-state index contributed by atoms with van der Waals surface area (Å²) in [5.41, 5.74) is 0.342. The molecule has 2 atom stereocenters. The monoisotopic (exact) mass is 736 g/mol. The largest absolute Gasteiger partial charge is 0.497 e. The van der Waals surface area contributed by atoms with Crippen molar-refractivity contribution in [1.29, 1.82) is 0 Å². The van der Waals surface area contributed by atoms with E-state index in [9.17, 15) is 0 Å². The Labute approximate surface area is 301 Å². The first-order valence-corrected chi connectivity index (χ1v) is 17.8. The summed E-state index contributed by atoms with van der Waals surface area (Å²) in [5.74, 6) is -16.4. The zero-order valence-corrected chi connectivity index (χ0v) is 29.6. The average molecular weight is 736 g/mol. The number of methoxy groups -OCH3 is 2. The number of halogens is 6. The van der Waals surface area contributed by atoms with Crippen LogP contribution in [0.3, 0.4) is 0 Å². The van der Waals surface area contributed by atoms with Gasteiger partial charge >= 0.3 is 31.5 Å². The Bertz CT molecular complexity index is 1900. The summed E-state index contributed by atoms with van der Waals surface area (Å²) < 4.78 is 110. The van der Waals surface area contributed by atoms with Gasteiger partial charge < -0.3 is 19.1 Å². The second kappa shape index (κ2) is 13.0. The Morgan fingerprint density at radius 1 is 0.588 bits per heavy atom. The topological polar surface area (TPSA) is 24.9 Å². The zero-order valence-electron chi connectivity index (χ0n) is 28.0. The molecule has 4 heterocycles. The maximum Gasteiger partial charge on any atom is 0.373 e. The van der Waals surface area contributed by atoms with Gasteiger partial charge in [-0.05, 0) is 109 Å². The number of allylic oxidation sites excluding steroid dienone is 4. The van der Waals surface area contributed by atoms with Crippen LogP contribution in [0.25, 0.3) is 20.9 Å². The Balaban J connectivity index is 1.48. The molecule has 0 radical (unpaired) electrons. The van der Waals surface area contributed by atoms with Crippen LogP contribution in [0.2, 0.25) is 0 Å². The molecule has 2 aliphatic heterocycles. The molecule has 2 unspecified atom stereocenters. The second-order valence-electron chi connectivity index (χ2n) is 12.8. The standard InChI is InChI=1S/C37H32B2F6N2O2S2/c1-46-19-7-5-17-38(46)29-21-27(33(50-29)23-9-13-25(48-3)14-10-23)31-32(36(42,43)37(44,45)35(31,40)41)28-22-30(39-18-6-8-20-47(39)2)51-34(28)24-11-15-26(49-4)16-12-24/h5-22,31-32H,1-4H3. The van der Waals surface area contributed by atoms with E-state index in [2.05, 4.69) is 0 Å². The van der Waals surface area contributed by atoms with E-state index in [4.69, 9.17) is 9.47 Å². The van der Waals surface area contributed by atoms with E-state index in [-0.39, 0.29) is 20.9 Å². The van der Waals surface area contributed by atoms with Gasteiger partial charge in [0.25, 0.3) is 0 Å². The number of hydrogen-bond donors (Lipinski definition) is 0. The van der Waals surface area contributed by atoms with Crippen molar-refractivity contribution in [3.05, 3.63) is 120 Å². The predicted octanol–water partition coefficient (Wildman–Crippen LogP) is 8.45. The van der Waals surface area contributed by atoms with Crippen molar-refractivity contribution in [2.75, 3.05) is 28.3 Å². The van der Waals surface area contributed by atoms with Gasteiger partial charge in [0, 0.05) is 19.3 Å². The highest BCUT2D eigenvalue weighted by atomic mass is 32.1. The van der Waals surface area contributed by atoms with E-state index >= 15 is 26.3 Å². The van der Waals surface area contributed by atoms with Gasteiger partial charge in [0.2, 0.25) is 0 Å². The molecule has 7 rings (SSSR count). The van der Waals surface area contributed by atoms with Crippen LogP contribution in [0.4, 0.5) is 26.3 Å². The maximum atomic E-state index is 16.6. The number of thiophene rings is 2. The molecular formula is C37H32B2F6N2O2S2. The molecule has 2 aromatic carbocycles. The molecule has 14 heteroatoms. The minimum atomic E-state index is -5.66. The van der Waals surface area contributed by atoms with Crippen LogP contribution in [0.15, 0.2) is 109 Å². The third-order valence-corrected chi connectivity index (χ3v) is 12.3. The van der Waals surface area contributed by atoms with Crippen LogP contribution in [-0.4, -0.2) is 69.4 Å². The zero-order chi connectivity index (χ0) is 36.3. The van der Waals surface area contributed by atoms with Crippen LogP contribution in [0.5, 0.6) is 11.5 Å². The minimum Gasteiger partial charge on any atom is -0.497 e. The summed E-state index contributed by atoms with van der Waals surface area (Å²) in [6, 6.07) is 15.8. The summed E-state index contributed by atoms with van der Waals surface area (Å²) >= 11 is 2.26. The van der Waals surface area contributed by atoms with Crippen LogP contribution in [0.1, 0.15) is 23.0 Å². The molecule has 0 spiro atoms. The van der Waals surface area contributed by atoms with Crippen molar-refractivity contribution in [3.63, 3.8) is 0 Å². The molecule has 4 aromatic rings. The highest BCUT2D eigenvalue weighted by Gasteiger charge is 2.85. The number of rotatable bonds is 8. The Morgan fingerprint density at radius 2 is 0.961 bits per heavy atom. The molecule has 0 amide bonds. The lowest BCUT2D eigenvalue weighted by molar-refractivity contribution is -0.274. The van der Waals surface area contributed by atoms with E-state index < -0.39 is 43.3 Å². The Hall–Kier alpha value is -4.29. The average Bonchev–Trinajstić information content (AvgIpc) is 3.78. The van der Waals surface area contributed by atoms with Gasteiger partial charge in [0.15, 0.2) is 0 Å².